The Balaban J connectivity index is 2.31. The van der Waals surface area contributed by atoms with Crippen LogP contribution in [0, 0.1) is 20.8 Å². The molecule has 4 heteroatoms. The molecule has 0 radical (unpaired) electrons. The third-order valence-corrected chi connectivity index (χ3v) is 3.50. The summed E-state index contributed by atoms with van der Waals surface area (Å²) in [6.07, 6.45) is 2.00. The van der Waals surface area contributed by atoms with Gasteiger partial charge in [0.25, 0.3) is 0 Å². The molecule has 0 amide bonds. The second-order valence-electron chi connectivity index (χ2n) is 4.97. The Hall–Kier alpha value is -2.36. The lowest BCUT2D eigenvalue weighted by Crippen LogP contribution is -1.96. The first-order valence-corrected chi connectivity index (χ1v) is 6.25. The van der Waals surface area contributed by atoms with Crippen molar-refractivity contribution in [3.8, 4) is 11.4 Å². The average Bonchev–Trinajstić information content (AvgIpc) is 2.76. The van der Waals surface area contributed by atoms with Crippen LogP contribution in [0.2, 0.25) is 0 Å². The molecule has 0 saturated heterocycles. The molecule has 0 unspecified atom stereocenters. The molecule has 19 heavy (non-hydrogen) atoms. The van der Waals surface area contributed by atoms with E-state index in [1.165, 1.54) is 16.7 Å². The van der Waals surface area contributed by atoms with Crippen LogP contribution in [0.25, 0.3) is 17.0 Å². The average molecular weight is 252 g/mol. The minimum absolute atomic E-state index is 0.752. The maximum Gasteiger partial charge on any atom is 0.168 e. The zero-order chi connectivity index (χ0) is 13.6. The van der Waals surface area contributed by atoms with Crippen LogP contribution in [0.3, 0.4) is 0 Å². The predicted molar refractivity (Wildman–Crippen MR) is 77.0 cm³/mol. The molecule has 0 spiro atoms. The van der Waals surface area contributed by atoms with E-state index in [0.29, 0.717) is 0 Å². The van der Waals surface area contributed by atoms with Crippen LogP contribution in [-0.4, -0.2) is 14.6 Å². The molecule has 0 bridgehead atoms. The smallest absolute Gasteiger partial charge is 0.168 e. The highest BCUT2D eigenvalue weighted by molar-refractivity contribution is 5.69. The summed E-state index contributed by atoms with van der Waals surface area (Å²) < 4.78 is 1.99. The van der Waals surface area contributed by atoms with E-state index in [4.69, 9.17) is 5.73 Å². The maximum atomic E-state index is 5.95. The molecule has 2 N–H and O–H groups in total. The molecule has 3 rings (SSSR count). The van der Waals surface area contributed by atoms with Gasteiger partial charge in [0.15, 0.2) is 11.5 Å². The third kappa shape index (κ3) is 1.85. The first-order chi connectivity index (χ1) is 9.06. The van der Waals surface area contributed by atoms with E-state index in [-0.39, 0.29) is 0 Å². The largest absolute Gasteiger partial charge is 0.399 e. The van der Waals surface area contributed by atoms with Crippen molar-refractivity contribution in [2.75, 3.05) is 5.73 Å². The third-order valence-electron chi connectivity index (χ3n) is 3.50. The van der Waals surface area contributed by atoms with Gasteiger partial charge in [-0.3, -0.25) is 4.40 Å². The molecule has 0 aliphatic rings. The zero-order valence-corrected chi connectivity index (χ0v) is 11.3. The minimum atomic E-state index is 0.752. The Morgan fingerprint density at radius 3 is 2.63 bits per heavy atom. The molecular formula is C15H16N4. The van der Waals surface area contributed by atoms with Crippen molar-refractivity contribution in [3.63, 3.8) is 0 Å². The Labute approximate surface area is 111 Å². The normalized spacial score (nSPS) is 11.1. The summed E-state index contributed by atoms with van der Waals surface area (Å²) in [5, 5.41) is 8.54. The van der Waals surface area contributed by atoms with E-state index < -0.39 is 0 Å². The van der Waals surface area contributed by atoms with Crippen molar-refractivity contribution in [2.24, 2.45) is 0 Å². The van der Waals surface area contributed by atoms with Crippen LogP contribution < -0.4 is 5.73 Å². The summed E-state index contributed by atoms with van der Waals surface area (Å²) in [4.78, 5) is 0. The number of anilines is 1. The maximum absolute atomic E-state index is 5.95. The quantitative estimate of drug-likeness (QED) is 0.677. The van der Waals surface area contributed by atoms with E-state index in [9.17, 15) is 0 Å². The van der Waals surface area contributed by atoms with Crippen LogP contribution >= 0.6 is 0 Å². The van der Waals surface area contributed by atoms with Gasteiger partial charge in [0.1, 0.15) is 0 Å². The van der Waals surface area contributed by atoms with E-state index >= 15 is 0 Å². The number of rotatable bonds is 1. The monoisotopic (exact) mass is 252 g/mol. The summed E-state index contributed by atoms with van der Waals surface area (Å²) in [5.41, 5.74) is 12.1. The van der Waals surface area contributed by atoms with Crippen molar-refractivity contribution >= 4 is 11.3 Å². The van der Waals surface area contributed by atoms with Crippen LogP contribution in [-0.2, 0) is 0 Å². The Morgan fingerprint density at radius 2 is 1.84 bits per heavy atom. The Morgan fingerprint density at radius 1 is 1.05 bits per heavy atom. The summed E-state index contributed by atoms with van der Waals surface area (Å²) in [7, 11) is 0. The molecule has 0 atom stereocenters. The van der Waals surface area contributed by atoms with Crippen LogP contribution in [0.5, 0.6) is 0 Å². The topological polar surface area (TPSA) is 56.2 Å². The van der Waals surface area contributed by atoms with Crippen molar-refractivity contribution in [2.45, 2.75) is 20.8 Å². The van der Waals surface area contributed by atoms with Gasteiger partial charge < -0.3 is 5.73 Å². The fourth-order valence-corrected chi connectivity index (χ4v) is 2.30. The highest BCUT2D eigenvalue weighted by Gasteiger charge is 2.12. The summed E-state index contributed by atoms with van der Waals surface area (Å²) >= 11 is 0. The molecule has 0 aliphatic carbocycles. The molecular weight excluding hydrogens is 236 g/mol. The molecule has 0 saturated carbocycles. The molecule has 2 aromatic heterocycles. The van der Waals surface area contributed by atoms with Crippen LogP contribution in [0.15, 0.2) is 30.5 Å². The van der Waals surface area contributed by atoms with Crippen molar-refractivity contribution in [1.29, 1.82) is 0 Å². The number of benzene rings is 1. The number of fused-ring (bicyclic) bond motifs is 1. The van der Waals surface area contributed by atoms with E-state index in [1.54, 1.807) is 0 Å². The van der Waals surface area contributed by atoms with Crippen molar-refractivity contribution < 1.29 is 0 Å². The second-order valence-corrected chi connectivity index (χ2v) is 4.97. The first-order valence-electron chi connectivity index (χ1n) is 6.25. The number of hydrogen-bond donors (Lipinski definition) is 1. The lowest BCUT2D eigenvalue weighted by molar-refractivity contribution is 1.10. The number of nitrogens with two attached hydrogens (primary N) is 1. The van der Waals surface area contributed by atoms with Crippen molar-refractivity contribution in [1.82, 2.24) is 14.6 Å². The molecule has 96 valence electrons. The number of hydrogen-bond acceptors (Lipinski definition) is 3. The fraction of sp³-hybridized carbons (Fsp3) is 0.200. The standard InChI is InChI=1S/C15H16N4/c1-9-4-5-19-14(6-9)17-18-15(19)13-8-12(16)7-10(2)11(13)3/h4-8H,16H2,1-3H3. The molecule has 4 nitrogen and oxygen atoms in total. The predicted octanol–water partition coefficient (Wildman–Crippen LogP) is 2.90. The summed E-state index contributed by atoms with van der Waals surface area (Å²) in [6.45, 7) is 6.19. The van der Waals surface area contributed by atoms with Gasteiger partial charge in [-0.25, -0.2) is 0 Å². The number of nitrogens with zero attached hydrogens (tertiary/aromatic N) is 3. The van der Waals surface area contributed by atoms with Crippen LogP contribution in [0.4, 0.5) is 5.69 Å². The van der Waals surface area contributed by atoms with Crippen molar-refractivity contribution in [3.05, 3.63) is 47.2 Å². The van der Waals surface area contributed by atoms with Gasteiger partial charge in [-0.2, -0.15) is 0 Å². The molecule has 3 aromatic rings. The van der Waals surface area contributed by atoms with Gasteiger partial charge in [-0.15, -0.1) is 10.2 Å². The Bertz CT molecular complexity index is 771. The first kappa shape index (κ1) is 11.7. The number of aromatic nitrogens is 3. The number of pyridine rings is 1. The molecule has 1 aromatic carbocycles. The molecule has 0 aliphatic heterocycles. The van der Waals surface area contributed by atoms with Gasteiger partial charge in [-0.05, 0) is 61.7 Å². The summed E-state index contributed by atoms with van der Waals surface area (Å²) in [5.74, 6) is 0.836. The lowest BCUT2D eigenvalue weighted by atomic mass is 10.0. The van der Waals surface area contributed by atoms with E-state index in [2.05, 4.69) is 24.0 Å². The summed E-state index contributed by atoms with van der Waals surface area (Å²) in [6, 6.07) is 8.00. The Kier molecular flexibility index (Phi) is 2.52. The number of nitrogen functional groups attached to an aromatic ring is 1. The highest BCUT2D eigenvalue weighted by Crippen LogP contribution is 2.27. The van der Waals surface area contributed by atoms with Gasteiger partial charge in [-0.1, -0.05) is 0 Å². The molecule has 0 fully saturated rings. The van der Waals surface area contributed by atoms with E-state index in [1.807, 2.05) is 41.8 Å². The lowest BCUT2D eigenvalue weighted by Gasteiger charge is -2.09. The zero-order valence-electron chi connectivity index (χ0n) is 11.3. The van der Waals surface area contributed by atoms with Crippen LogP contribution in [0.1, 0.15) is 16.7 Å². The van der Waals surface area contributed by atoms with E-state index in [0.717, 1.165) is 22.7 Å². The van der Waals surface area contributed by atoms with Gasteiger partial charge >= 0.3 is 0 Å². The van der Waals surface area contributed by atoms with Gasteiger partial charge in [0, 0.05) is 17.4 Å². The second kappa shape index (κ2) is 4.09. The minimum Gasteiger partial charge on any atom is -0.399 e. The van der Waals surface area contributed by atoms with Gasteiger partial charge in [0.05, 0.1) is 0 Å². The SMILES string of the molecule is Cc1ccn2c(-c3cc(N)cc(C)c3C)nnc2c1. The fourth-order valence-electron chi connectivity index (χ4n) is 2.30. The number of aryl methyl sites for hydroxylation is 2. The van der Waals surface area contributed by atoms with Gasteiger partial charge in [0.2, 0.25) is 0 Å². The molecule has 2 heterocycles. The highest BCUT2D eigenvalue weighted by atomic mass is 15.2.